The summed E-state index contributed by atoms with van der Waals surface area (Å²) in [6.45, 7) is 5.03. The Kier molecular flexibility index (Phi) is 6.11. The second-order valence-corrected chi connectivity index (χ2v) is 5.11. The fraction of sp³-hybridized carbons (Fsp3) is 0.500. The average Bonchev–Trinajstić information content (AvgIpc) is 2.44. The Morgan fingerprint density at radius 2 is 2.10 bits per heavy atom. The Hall–Kier alpha value is -1.95. The smallest absolute Gasteiger partial charge is 0.272 e. The van der Waals surface area contributed by atoms with Crippen LogP contribution in [0.25, 0.3) is 0 Å². The van der Waals surface area contributed by atoms with Gasteiger partial charge in [-0.05, 0) is 17.5 Å². The predicted octanol–water partition coefficient (Wildman–Crippen LogP) is 0.385. The highest BCUT2D eigenvalue weighted by atomic mass is 16.2. The van der Waals surface area contributed by atoms with Gasteiger partial charge in [-0.3, -0.25) is 14.6 Å². The van der Waals surface area contributed by atoms with Gasteiger partial charge in [0.25, 0.3) is 5.91 Å². The van der Waals surface area contributed by atoms with Crippen molar-refractivity contribution in [3.8, 4) is 0 Å². The van der Waals surface area contributed by atoms with Crippen molar-refractivity contribution in [1.82, 2.24) is 15.2 Å². The van der Waals surface area contributed by atoms with E-state index in [-0.39, 0.29) is 18.4 Å². The number of pyridine rings is 1. The van der Waals surface area contributed by atoms with Crippen molar-refractivity contribution in [2.75, 3.05) is 20.1 Å². The molecule has 0 spiro atoms. The quantitative estimate of drug-likeness (QED) is 0.787. The number of nitrogens with two attached hydrogens (primary N) is 1. The number of nitrogens with zero attached hydrogens (tertiary/aromatic N) is 2. The number of amides is 2. The van der Waals surface area contributed by atoms with E-state index in [1.54, 1.807) is 25.4 Å². The van der Waals surface area contributed by atoms with Crippen molar-refractivity contribution < 1.29 is 9.59 Å². The summed E-state index contributed by atoms with van der Waals surface area (Å²) in [6.07, 6.45) is 1.57. The lowest BCUT2D eigenvalue weighted by Crippen LogP contribution is -2.39. The number of likely N-dealkylation sites (N-methyl/N-ethyl adjacent to an activating group) is 1. The van der Waals surface area contributed by atoms with Crippen molar-refractivity contribution >= 4 is 11.8 Å². The van der Waals surface area contributed by atoms with Gasteiger partial charge in [0.2, 0.25) is 5.91 Å². The Morgan fingerprint density at radius 3 is 2.60 bits per heavy atom. The van der Waals surface area contributed by atoms with Gasteiger partial charge in [0.05, 0.1) is 6.54 Å². The lowest BCUT2D eigenvalue weighted by atomic mass is 10.2. The summed E-state index contributed by atoms with van der Waals surface area (Å²) < 4.78 is 0. The van der Waals surface area contributed by atoms with E-state index in [2.05, 4.69) is 10.3 Å². The minimum absolute atomic E-state index is 0.0197. The third-order valence-electron chi connectivity index (χ3n) is 2.71. The van der Waals surface area contributed by atoms with Crippen molar-refractivity contribution in [2.24, 2.45) is 11.7 Å². The molecular formula is C14H22N4O2. The van der Waals surface area contributed by atoms with Crippen molar-refractivity contribution in [3.63, 3.8) is 0 Å². The minimum Gasteiger partial charge on any atom is -0.354 e. The molecule has 20 heavy (non-hydrogen) atoms. The van der Waals surface area contributed by atoms with Crippen LogP contribution in [0.5, 0.6) is 0 Å². The monoisotopic (exact) mass is 278 g/mol. The molecular weight excluding hydrogens is 256 g/mol. The molecule has 110 valence electrons. The average molecular weight is 278 g/mol. The molecule has 1 aromatic heterocycles. The van der Waals surface area contributed by atoms with Gasteiger partial charge in [-0.2, -0.15) is 0 Å². The topological polar surface area (TPSA) is 88.3 Å². The first kappa shape index (κ1) is 16.1. The maximum Gasteiger partial charge on any atom is 0.272 e. The zero-order valence-electron chi connectivity index (χ0n) is 12.2. The molecule has 0 radical (unpaired) electrons. The number of nitrogens with one attached hydrogen (secondary N) is 1. The fourth-order valence-corrected chi connectivity index (χ4v) is 1.53. The number of rotatable bonds is 6. The Morgan fingerprint density at radius 1 is 1.40 bits per heavy atom. The van der Waals surface area contributed by atoms with Gasteiger partial charge < -0.3 is 16.0 Å². The summed E-state index contributed by atoms with van der Waals surface area (Å²) in [5.41, 5.74) is 6.64. The summed E-state index contributed by atoms with van der Waals surface area (Å²) in [5, 5.41) is 2.77. The molecule has 0 bridgehead atoms. The highest BCUT2D eigenvalue weighted by Gasteiger charge is 2.15. The molecule has 1 heterocycles. The van der Waals surface area contributed by atoms with E-state index in [1.165, 1.54) is 4.90 Å². The van der Waals surface area contributed by atoms with Gasteiger partial charge in [-0.25, -0.2) is 0 Å². The van der Waals surface area contributed by atoms with Gasteiger partial charge in [-0.1, -0.05) is 19.9 Å². The predicted molar refractivity (Wildman–Crippen MR) is 76.9 cm³/mol. The van der Waals surface area contributed by atoms with E-state index >= 15 is 0 Å². The first-order chi connectivity index (χ1) is 9.43. The third kappa shape index (κ3) is 4.97. The SMILES string of the molecule is CC(C)CNC(=O)CN(C)C(=O)c1ccc(CN)cn1. The molecule has 0 aliphatic heterocycles. The highest BCUT2D eigenvalue weighted by Crippen LogP contribution is 2.02. The zero-order chi connectivity index (χ0) is 15.1. The number of hydrogen-bond donors (Lipinski definition) is 2. The van der Waals surface area contributed by atoms with Crippen molar-refractivity contribution in [1.29, 1.82) is 0 Å². The van der Waals surface area contributed by atoms with E-state index in [0.29, 0.717) is 24.7 Å². The third-order valence-corrected chi connectivity index (χ3v) is 2.71. The second kappa shape index (κ2) is 7.59. The minimum atomic E-state index is -0.284. The summed E-state index contributed by atoms with van der Waals surface area (Å²) in [6, 6.07) is 3.37. The molecule has 3 N–H and O–H groups in total. The molecule has 2 amide bonds. The van der Waals surface area contributed by atoms with Crippen LogP contribution in [-0.4, -0.2) is 41.8 Å². The van der Waals surface area contributed by atoms with E-state index in [0.717, 1.165) is 5.56 Å². The standard InChI is InChI=1S/C14H22N4O2/c1-10(2)7-17-13(19)9-18(3)14(20)12-5-4-11(6-15)8-16-12/h4-5,8,10H,6-7,9,15H2,1-3H3,(H,17,19). The van der Waals surface area contributed by atoms with Crippen LogP contribution in [0.2, 0.25) is 0 Å². The van der Waals surface area contributed by atoms with Crippen molar-refractivity contribution in [3.05, 3.63) is 29.6 Å². The first-order valence-corrected chi connectivity index (χ1v) is 6.61. The lowest BCUT2D eigenvalue weighted by Gasteiger charge is -2.17. The van der Waals surface area contributed by atoms with Crippen LogP contribution in [0, 0.1) is 5.92 Å². The molecule has 1 aromatic rings. The number of carbonyl (C=O) groups is 2. The molecule has 6 nitrogen and oxygen atoms in total. The maximum absolute atomic E-state index is 12.1. The maximum atomic E-state index is 12.1. The van der Waals surface area contributed by atoms with E-state index < -0.39 is 0 Å². The second-order valence-electron chi connectivity index (χ2n) is 5.11. The summed E-state index contributed by atoms with van der Waals surface area (Å²) >= 11 is 0. The van der Waals surface area contributed by atoms with Crippen LogP contribution in [0.3, 0.4) is 0 Å². The molecule has 0 atom stereocenters. The first-order valence-electron chi connectivity index (χ1n) is 6.61. The molecule has 0 aliphatic rings. The summed E-state index contributed by atoms with van der Waals surface area (Å²) in [7, 11) is 1.58. The molecule has 0 saturated carbocycles. The van der Waals surface area contributed by atoms with E-state index in [4.69, 9.17) is 5.73 Å². The number of carbonyl (C=O) groups excluding carboxylic acids is 2. The van der Waals surface area contributed by atoms with Crippen molar-refractivity contribution in [2.45, 2.75) is 20.4 Å². The molecule has 1 rings (SSSR count). The molecule has 0 unspecified atom stereocenters. The zero-order valence-corrected chi connectivity index (χ0v) is 12.2. The van der Waals surface area contributed by atoms with Gasteiger partial charge in [0, 0.05) is 26.3 Å². The molecule has 0 fully saturated rings. The Balaban J connectivity index is 2.55. The van der Waals surface area contributed by atoms with Gasteiger partial charge >= 0.3 is 0 Å². The number of aromatic nitrogens is 1. The largest absolute Gasteiger partial charge is 0.354 e. The van der Waals surface area contributed by atoms with Crippen LogP contribution in [0.1, 0.15) is 29.9 Å². The molecule has 6 heteroatoms. The van der Waals surface area contributed by atoms with Crippen LogP contribution < -0.4 is 11.1 Å². The number of hydrogen-bond acceptors (Lipinski definition) is 4. The lowest BCUT2D eigenvalue weighted by molar-refractivity contribution is -0.121. The van der Waals surface area contributed by atoms with E-state index in [9.17, 15) is 9.59 Å². The Bertz CT molecular complexity index is 457. The molecule has 0 aliphatic carbocycles. The summed E-state index contributed by atoms with van der Waals surface area (Å²) in [4.78, 5) is 29.1. The van der Waals surface area contributed by atoms with Crippen LogP contribution >= 0.6 is 0 Å². The summed E-state index contributed by atoms with van der Waals surface area (Å²) in [5.74, 6) is -0.0770. The molecule has 0 saturated heterocycles. The van der Waals surface area contributed by atoms with Gasteiger partial charge in [-0.15, -0.1) is 0 Å². The van der Waals surface area contributed by atoms with E-state index in [1.807, 2.05) is 13.8 Å². The van der Waals surface area contributed by atoms with Gasteiger partial charge in [0.15, 0.2) is 0 Å². The Labute approximate surface area is 119 Å². The fourth-order valence-electron chi connectivity index (χ4n) is 1.53. The normalized spacial score (nSPS) is 10.4. The van der Waals surface area contributed by atoms with Crippen LogP contribution in [0.15, 0.2) is 18.3 Å². The highest BCUT2D eigenvalue weighted by molar-refractivity contribution is 5.94. The van der Waals surface area contributed by atoms with Crippen LogP contribution in [-0.2, 0) is 11.3 Å². The van der Waals surface area contributed by atoms with Gasteiger partial charge in [0.1, 0.15) is 5.69 Å². The molecule has 0 aromatic carbocycles. The van der Waals surface area contributed by atoms with Crippen LogP contribution in [0.4, 0.5) is 0 Å².